The molecule has 5 heteroatoms. The minimum absolute atomic E-state index is 0.0858. The van der Waals surface area contributed by atoms with Crippen LogP contribution in [0.2, 0.25) is 0 Å². The van der Waals surface area contributed by atoms with Gasteiger partial charge in [0.2, 0.25) is 0 Å². The normalized spacial score (nSPS) is 12.0. The van der Waals surface area contributed by atoms with Crippen LogP contribution in [0.1, 0.15) is 31.1 Å². The van der Waals surface area contributed by atoms with E-state index in [1.54, 1.807) is 24.3 Å². The second-order valence-corrected chi connectivity index (χ2v) is 4.79. The Bertz CT molecular complexity index is 458. The monoisotopic (exact) mass is 264 g/mol. The van der Waals surface area contributed by atoms with Crippen LogP contribution in [0.15, 0.2) is 24.3 Å². The fraction of sp³-hybridized carbons (Fsp3) is 0.429. The van der Waals surface area contributed by atoms with Crippen molar-refractivity contribution in [3.63, 3.8) is 0 Å². The van der Waals surface area contributed by atoms with Crippen LogP contribution in [0.4, 0.5) is 0 Å². The number of benzene rings is 1. The molecule has 1 aromatic carbocycles. The molecule has 0 aliphatic heterocycles. The highest BCUT2D eigenvalue weighted by molar-refractivity contribution is 5.94. The summed E-state index contributed by atoms with van der Waals surface area (Å²) in [6.45, 7) is 5.83. The molecule has 0 aliphatic rings. The van der Waals surface area contributed by atoms with Gasteiger partial charge in [-0.15, -0.1) is 0 Å². The van der Waals surface area contributed by atoms with Gasteiger partial charge in [-0.05, 0) is 31.0 Å². The molecule has 0 aromatic heterocycles. The predicted molar refractivity (Wildman–Crippen MR) is 72.9 cm³/mol. The summed E-state index contributed by atoms with van der Waals surface area (Å²) in [6.07, 6.45) is 0. The number of nitrogens with two attached hydrogens (primary N) is 1. The summed E-state index contributed by atoms with van der Waals surface area (Å²) in [6, 6.07) is 6.74. The lowest BCUT2D eigenvalue weighted by Gasteiger charge is -2.17. The van der Waals surface area contributed by atoms with Crippen molar-refractivity contribution < 1.29 is 14.3 Å². The average molecular weight is 264 g/mol. The first-order valence-corrected chi connectivity index (χ1v) is 6.22. The average Bonchev–Trinajstić information content (AvgIpc) is 2.36. The van der Waals surface area contributed by atoms with Gasteiger partial charge in [-0.1, -0.05) is 19.9 Å². The Labute approximate surface area is 113 Å². The standard InChI is InChI=1S/C14H20N2O3/c1-9(2)10(3)16-14(18)11-5-4-6-12(7-11)19-8-13(15)17/h4-7,9-10H,8H2,1-3H3,(H2,15,17)(H,16,18). The van der Waals surface area contributed by atoms with Crippen molar-refractivity contribution in [2.75, 3.05) is 6.61 Å². The van der Waals surface area contributed by atoms with Crippen molar-refractivity contribution in [1.29, 1.82) is 0 Å². The summed E-state index contributed by atoms with van der Waals surface area (Å²) in [7, 11) is 0. The number of rotatable bonds is 6. The third-order valence-electron chi connectivity index (χ3n) is 2.84. The largest absolute Gasteiger partial charge is 0.484 e. The van der Waals surface area contributed by atoms with E-state index in [0.29, 0.717) is 17.2 Å². The molecule has 19 heavy (non-hydrogen) atoms. The van der Waals surface area contributed by atoms with Gasteiger partial charge in [0.1, 0.15) is 5.75 Å². The quantitative estimate of drug-likeness (QED) is 0.813. The summed E-state index contributed by atoms with van der Waals surface area (Å²) in [4.78, 5) is 22.6. The van der Waals surface area contributed by atoms with Crippen molar-refractivity contribution in [2.24, 2.45) is 11.7 Å². The van der Waals surface area contributed by atoms with Crippen molar-refractivity contribution >= 4 is 11.8 Å². The summed E-state index contributed by atoms with van der Waals surface area (Å²) in [5, 5.41) is 2.90. The molecule has 1 unspecified atom stereocenters. The minimum atomic E-state index is -0.553. The van der Waals surface area contributed by atoms with E-state index in [4.69, 9.17) is 10.5 Å². The lowest BCUT2D eigenvalue weighted by molar-refractivity contribution is -0.119. The lowest BCUT2D eigenvalue weighted by Crippen LogP contribution is -2.36. The van der Waals surface area contributed by atoms with Gasteiger partial charge in [0, 0.05) is 11.6 Å². The molecule has 3 N–H and O–H groups in total. The zero-order valence-electron chi connectivity index (χ0n) is 11.5. The van der Waals surface area contributed by atoms with Gasteiger partial charge in [-0.25, -0.2) is 0 Å². The van der Waals surface area contributed by atoms with E-state index in [0.717, 1.165) is 0 Å². The summed E-state index contributed by atoms with van der Waals surface area (Å²) >= 11 is 0. The molecule has 0 bridgehead atoms. The molecule has 1 aromatic rings. The number of nitrogens with one attached hydrogen (secondary N) is 1. The number of hydrogen-bond donors (Lipinski definition) is 2. The SMILES string of the molecule is CC(C)C(C)NC(=O)c1cccc(OCC(N)=O)c1. The van der Waals surface area contributed by atoms with E-state index in [1.807, 2.05) is 20.8 Å². The molecule has 0 saturated heterocycles. The highest BCUT2D eigenvalue weighted by Gasteiger charge is 2.13. The Morgan fingerprint density at radius 3 is 2.58 bits per heavy atom. The number of primary amides is 1. The van der Waals surface area contributed by atoms with Crippen molar-refractivity contribution in [3.05, 3.63) is 29.8 Å². The van der Waals surface area contributed by atoms with E-state index >= 15 is 0 Å². The molecule has 0 heterocycles. The van der Waals surface area contributed by atoms with Crippen LogP contribution in [0.5, 0.6) is 5.75 Å². The molecule has 0 spiro atoms. The van der Waals surface area contributed by atoms with Crippen LogP contribution in [-0.2, 0) is 4.79 Å². The van der Waals surface area contributed by atoms with Gasteiger partial charge >= 0.3 is 0 Å². The molecule has 0 radical (unpaired) electrons. The van der Waals surface area contributed by atoms with E-state index in [-0.39, 0.29) is 18.6 Å². The third kappa shape index (κ3) is 4.99. The molecular weight excluding hydrogens is 244 g/mol. The van der Waals surface area contributed by atoms with Crippen molar-refractivity contribution in [2.45, 2.75) is 26.8 Å². The van der Waals surface area contributed by atoms with Gasteiger partial charge in [0.15, 0.2) is 6.61 Å². The Hall–Kier alpha value is -2.04. The third-order valence-corrected chi connectivity index (χ3v) is 2.84. The number of hydrogen-bond acceptors (Lipinski definition) is 3. The Balaban J connectivity index is 2.70. The van der Waals surface area contributed by atoms with E-state index in [9.17, 15) is 9.59 Å². The summed E-state index contributed by atoms with van der Waals surface area (Å²) < 4.78 is 5.16. The molecule has 0 aliphatic carbocycles. The van der Waals surface area contributed by atoms with Gasteiger partial charge < -0.3 is 15.8 Å². The van der Waals surface area contributed by atoms with Gasteiger partial charge in [-0.2, -0.15) is 0 Å². The first-order chi connectivity index (χ1) is 8.90. The topological polar surface area (TPSA) is 81.4 Å². The maximum atomic E-state index is 12.0. The molecule has 104 valence electrons. The second-order valence-electron chi connectivity index (χ2n) is 4.79. The fourth-order valence-electron chi connectivity index (χ4n) is 1.34. The zero-order valence-corrected chi connectivity index (χ0v) is 11.5. The summed E-state index contributed by atoms with van der Waals surface area (Å²) in [5.41, 5.74) is 5.49. The predicted octanol–water partition coefficient (Wildman–Crippen LogP) is 1.32. The van der Waals surface area contributed by atoms with Crippen LogP contribution in [0.3, 0.4) is 0 Å². The van der Waals surface area contributed by atoms with Crippen molar-refractivity contribution in [3.8, 4) is 5.75 Å². The Morgan fingerprint density at radius 2 is 2.00 bits per heavy atom. The zero-order chi connectivity index (χ0) is 14.4. The molecule has 0 fully saturated rings. The highest BCUT2D eigenvalue weighted by Crippen LogP contribution is 2.13. The van der Waals surface area contributed by atoms with Gasteiger partial charge in [-0.3, -0.25) is 9.59 Å². The van der Waals surface area contributed by atoms with Crippen molar-refractivity contribution in [1.82, 2.24) is 5.32 Å². The molecule has 1 rings (SSSR count). The first kappa shape index (κ1) is 15.0. The maximum Gasteiger partial charge on any atom is 0.255 e. The molecule has 0 saturated carbocycles. The Morgan fingerprint density at radius 1 is 1.32 bits per heavy atom. The van der Waals surface area contributed by atoms with Gasteiger partial charge in [0.25, 0.3) is 11.8 Å². The minimum Gasteiger partial charge on any atom is -0.484 e. The first-order valence-electron chi connectivity index (χ1n) is 6.22. The number of carbonyl (C=O) groups excluding carboxylic acids is 2. The fourth-order valence-corrected chi connectivity index (χ4v) is 1.34. The Kier molecular flexibility index (Phi) is 5.36. The maximum absolute atomic E-state index is 12.0. The van der Waals surface area contributed by atoms with Crippen LogP contribution >= 0.6 is 0 Å². The highest BCUT2D eigenvalue weighted by atomic mass is 16.5. The molecule has 2 amide bonds. The summed E-state index contributed by atoms with van der Waals surface area (Å²) in [5.74, 6) is 0.0934. The molecular formula is C14H20N2O3. The van der Waals surface area contributed by atoms with E-state index < -0.39 is 5.91 Å². The molecule has 5 nitrogen and oxygen atoms in total. The van der Waals surface area contributed by atoms with Crippen LogP contribution < -0.4 is 15.8 Å². The second kappa shape index (κ2) is 6.78. The smallest absolute Gasteiger partial charge is 0.255 e. The molecule has 1 atom stereocenters. The lowest BCUT2D eigenvalue weighted by atomic mass is 10.1. The van der Waals surface area contributed by atoms with Gasteiger partial charge in [0.05, 0.1) is 0 Å². The van der Waals surface area contributed by atoms with E-state index in [1.165, 1.54) is 0 Å². The van der Waals surface area contributed by atoms with Crippen LogP contribution in [0.25, 0.3) is 0 Å². The van der Waals surface area contributed by atoms with E-state index in [2.05, 4.69) is 5.32 Å². The number of carbonyl (C=O) groups is 2. The van der Waals surface area contributed by atoms with Crippen LogP contribution in [0, 0.1) is 5.92 Å². The van der Waals surface area contributed by atoms with Crippen LogP contribution in [-0.4, -0.2) is 24.5 Å². The number of amides is 2. The number of ether oxygens (including phenoxy) is 1.